The molecule has 0 aromatic heterocycles. The highest BCUT2D eigenvalue weighted by atomic mass is 32.2. The molecule has 102 valence electrons. The normalized spacial score (nSPS) is 21.1. The van der Waals surface area contributed by atoms with Gasteiger partial charge in [0.25, 0.3) is 0 Å². The number of nitrogen functional groups attached to an aromatic ring is 1. The van der Waals surface area contributed by atoms with Crippen LogP contribution in [0.2, 0.25) is 0 Å². The minimum Gasteiger partial charge on any atom is -0.399 e. The van der Waals surface area contributed by atoms with Gasteiger partial charge in [-0.1, -0.05) is 6.07 Å². The van der Waals surface area contributed by atoms with Crippen LogP contribution in [0.4, 0.5) is 5.69 Å². The molecule has 3 rings (SSSR count). The fourth-order valence-corrected chi connectivity index (χ4v) is 3.62. The third-order valence-corrected chi connectivity index (χ3v) is 5.20. The molecule has 19 heavy (non-hydrogen) atoms. The summed E-state index contributed by atoms with van der Waals surface area (Å²) in [6, 6.07) is 6.37. The number of rotatable bonds is 3. The van der Waals surface area contributed by atoms with E-state index < -0.39 is 10.0 Å². The molecule has 1 aliphatic heterocycles. The van der Waals surface area contributed by atoms with Crippen molar-refractivity contribution in [1.29, 1.82) is 0 Å². The molecule has 0 bridgehead atoms. The first-order valence-corrected chi connectivity index (χ1v) is 7.57. The van der Waals surface area contributed by atoms with E-state index in [-0.39, 0.29) is 30.1 Å². The summed E-state index contributed by atoms with van der Waals surface area (Å²) in [6.45, 7) is 0.0776. The van der Waals surface area contributed by atoms with Crippen molar-refractivity contribution >= 4 is 21.6 Å². The summed E-state index contributed by atoms with van der Waals surface area (Å²) < 4.78 is 26.0. The zero-order valence-electron chi connectivity index (χ0n) is 10.3. The van der Waals surface area contributed by atoms with Crippen LogP contribution in [0.3, 0.4) is 0 Å². The molecular weight excluding hydrogens is 266 g/mol. The standard InChI is InChI=1S/C12H15N3O3S/c13-9-2-1-3-11(6-9)19(17,18)14-7-12(16)15(8-14)10-4-5-10/h1-3,6,10H,4-5,7-8,13H2. The molecule has 1 saturated carbocycles. The maximum atomic E-state index is 12.4. The smallest absolute Gasteiger partial charge is 0.245 e. The highest BCUT2D eigenvalue weighted by molar-refractivity contribution is 7.89. The number of nitrogens with zero attached hydrogens (tertiary/aromatic N) is 2. The SMILES string of the molecule is Nc1cccc(S(=O)(=O)N2CC(=O)N(C3CC3)C2)c1. The maximum Gasteiger partial charge on any atom is 0.245 e. The number of carbonyl (C=O) groups is 1. The van der Waals surface area contributed by atoms with Crippen molar-refractivity contribution in [2.24, 2.45) is 0 Å². The number of anilines is 1. The van der Waals surface area contributed by atoms with Crippen LogP contribution in [0, 0.1) is 0 Å². The first kappa shape index (κ1) is 12.4. The number of benzene rings is 1. The number of carbonyl (C=O) groups excluding carboxylic acids is 1. The molecule has 1 amide bonds. The number of nitrogens with two attached hydrogens (primary N) is 1. The van der Waals surface area contributed by atoms with E-state index in [1.165, 1.54) is 16.4 Å². The number of hydrogen-bond donors (Lipinski definition) is 1. The Kier molecular flexibility index (Phi) is 2.75. The zero-order chi connectivity index (χ0) is 13.6. The second kappa shape index (κ2) is 4.21. The summed E-state index contributed by atoms with van der Waals surface area (Å²) in [5.41, 5.74) is 6.00. The summed E-state index contributed by atoms with van der Waals surface area (Å²) in [4.78, 5) is 13.6. The number of sulfonamides is 1. The van der Waals surface area contributed by atoms with E-state index in [0.29, 0.717) is 5.69 Å². The summed E-state index contributed by atoms with van der Waals surface area (Å²) in [5, 5.41) is 0. The minimum absolute atomic E-state index is 0.0758. The molecule has 1 aromatic carbocycles. The van der Waals surface area contributed by atoms with Crippen LogP contribution >= 0.6 is 0 Å². The van der Waals surface area contributed by atoms with Crippen LogP contribution in [0.5, 0.6) is 0 Å². The lowest BCUT2D eigenvalue weighted by Crippen LogP contribution is -2.32. The van der Waals surface area contributed by atoms with Crippen molar-refractivity contribution < 1.29 is 13.2 Å². The zero-order valence-corrected chi connectivity index (χ0v) is 11.1. The molecule has 2 fully saturated rings. The molecule has 6 nitrogen and oxygen atoms in total. The Bertz CT molecular complexity index is 625. The Morgan fingerprint density at radius 3 is 2.63 bits per heavy atom. The van der Waals surface area contributed by atoms with Crippen LogP contribution < -0.4 is 5.73 Å². The fourth-order valence-electron chi connectivity index (χ4n) is 2.23. The number of hydrogen-bond acceptors (Lipinski definition) is 4. The first-order chi connectivity index (χ1) is 8.98. The second-order valence-electron chi connectivity index (χ2n) is 4.92. The van der Waals surface area contributed by atoms with E-state index in [1.54, 1.807) is 17.0 Å². The van der Waals surface area contributed by atoms with E-state index >= 15 is 0 Å². The van der Waals surface area contributed by atoms with E-state index in [9.17, 15) is 13.2 Å². The van der Waals surface area contributed by atoms with Crippen molar-refractivity contribution in [2.45, 2.75) is 23.8 Å². The highest BCUT2D eigenvalue weighted by Gasteiger charge is 2.42. The Morgan fingerprint density at radius 1 is 1.26 bits per heavy atom. The van der Waals surface area contributed by atoms with E-state index in [2.05, 4.69) is 0 Å². The molecule has 1 heterocycles. The molecule has 1 saturated heterocycles. The van der Waals surface area contributed by atoms with Gasteiger partial charge in [0.15, 0.2) is 0 Å². The lowest BCUT2D eigenvalue weighted by molar-refractivity contribution is -0.127. The molecular formula is C12H15N3O3S. The summed E-state index contributed by atoms with van der Waals surface area (Å²) in [6.07, 6.45) is 1.94. The Morgan fingerprint density at radius 2 is 2.00 bits per heavy atom. The lowest BCUT2D eigenvalue weighted by Gasteiger charge is -2.17. The van der Waals surface area contributed by atoms with E-state index in [0.717, 1.165) is 12.8 Å². The minimum atomic E-state index is -3.64. The quantitative estimate of drug-likeness (QED) is 0.803. The first-order valence-electron chi connectivity index (χ1n) is 6.13. The van der Waals surface area contributed by atoms with Gasteiger partial charge in [-0.15, -0.1) is 0 Å². The number of amides is 1. The summed E-state index contributed by atoms with van der Waals surface area (Å²) in [5.74, 6) is -0.116. The lowest BCUT2D eigenvalue weighted by atomic mass is 10.3. The average molecular weight is 281 g/mol. The van der Waals surface area contributed by atoms with Gasteiger partial charge in [0.1, 0.15) is 0 Å². The average Bonchev–Trinajstić information content (AvgIpc) is 3.12. The summed E-state index contributed by atoms with van der Waals surface area (Å²) >= 11 is 0. The second-order valence-corrected chi connectivity index (χ2v) is 6.86. The predicted molar refractivity (Wildman–Crippen MR) is 69.5 cm³/mol. The van der Waals surface area contributed by atoms with Gasteiger partial charge in [-0.25, -0.2) is 8.42 Å². The van der Waals surface area contributed by atoms with Gasteiger partial charge in [0.2, 0.25) is 15.9 Å². The van der Waals surface area contributed by atoms with Crippen molar-refractivity contribution in [3.63, 3.8) is 0 Å². The van der Waals surface area contributed by atoms with E-state index in [1.807, 2.05) is 0 Å². The van der Waals surface area contributed by atoms with Gasteiger partial charge in [0, 0.05) is 11.7 Å². The van der Waals surface area contributed by atoms with Crippen LogP contribution in [0.15, 0.2) is 29.2 Å². The molecule has 0 spiro atoms. The molecule has 2 N–H and O–H groups in total. The maximum absolute atomic E-state index is 12.4. The topological polar surface area (TPSA) is 83.7 Å². The molecule has 0 unspecified atom stereocenters. The van der Waals surface area contributed by atoms with Crippen molar-refractivity contribution in [3.05, 3.63) is 24.3 Å². The Balaban J connectivity index is 1.87. The molecule has 0 radical (unpaired) electrons. The van der Waals surface area contributed by atoms with E-state index in [4.69, 9.17) is 5.73 Å². The monoisotopic (exact) mass is 281 g/mol. The van der Waals surface area contributed by atoms with Crippen molar-refractivity contribution in [2.75, 3.05) is 18.9 Å². The third kappa shape index (κ3) is 2.19. The van der Waals surface area contributed by atoms with Gasteiger partial charge in [-0.3, -0.25) is 4.79 Å². The van der Waals surface area contributed by atoms with Gasteiger partial charge < -0.3 is 10.6 Å². The molecule has 1 aromatic rings. The van der Waals surface area contributed by atoms with Crippen LogP contribution in [0.25, 0.3) is 0 Å². The van der Waals surface area contributed by atoms with Crippen molar-refractivity contribution in [1.82, 2.24) is 9.21 Å². The third-order valence-electron chi connectivity index (χ3n) is 3.43. The molecule has 1 aliphatic carbocycles. The van der Waals surface area contributed by atoms with Gasteiger partial charge in [0.05, 0.1) is 18.1 Å². The fraction of sp³-hybridized carbons (Fsp3) is 0.417. The largest absolute Gasteiger partial charge is 0.399 e. The Hall–Kier alpha value is -1.60. The van der Waals surface area contributed by atoms with Gasteiger partial charge in [-0.05, 0) is 31.0 Å². The Labute approximate surface area is 111 Å². The highest BCUT2D eigenvalue weighted by Crippen LogP contribution is 2.31. The van der Waals surface area contributed by atoms with Crippen molar-refractivity contribution in [3.8, 4) is 0 Å². The van der Waals surface area contributed by atoms with Crippen LogP contribution in [0.1, 0.15) is 12.8 Å². The van der Waals surface area contributed by atoms with Gasteiger partial charge in [-0.2, -0.15) is 4.31 Å². The predicted octanol–water partition coefficient (Wildman–Crippen LogP) is 0.222. The molecule has 0 atom stereocenters. The summed E-state index contributed by atoms with van der Waals surface area (Å²) in [7, 11) is -3.64. The molecule has 7 heteroatoms. The van der Waals surface area contributed by atoms with Crippen LogP contribution in [-0.4, -0.2) is 42.8 Å². The van der Waals surface area contributed by atoms with Gasteiger partial charge >= 0.3 is 0 Å². The van der Waals surface area contributed by atoms with Crippen LogP contribution in [-0.2, 0) is 14.8 Å². The molecule has 2 aliphatic rings.